The van der Waals surface area contributed by atoms with Gasteiger partial charge in [-0.3, -0.25) is 9.78 Å². The smallest absolute Gasteiger partial charge is 0.276 e. The van der Waals surface area contributed by atoms with E-state index in [1.807, 2.05) is 56.3 Å². The Balaban J connectivity index is 1.42. The van der Waals surface area contributed by atoms with Crippen LogP contribution in [0.3, 0.4) is 0 Å². The molecule has 1 amide bonds. The van der Waals surface area contributed by atoms with Gasteiger partial charge in [0.05, 0.1) is 24.5 Å². The Bertz CT molecular complexity index is 1220. The number of aromatic nitrogens is 3. The van der Waals surface area contributed by atoms with Crippen LogP contribution in [-0.2, 0) is 6.73 Å². The molecule has 0 atom stereocenters. The van der Waals surface area contributed by atoms with Crippen LogP contribution in [0.15, 0.2) is 60.9 Å². The predicted molar refractivity (Wildman–Crippen MR) is 115 cm³/mol. The maximum Gasteiger partial charge on any atom is 0.276 e. The first-order chi connectivity index (χ1) is 14.5. The van der Waals surface area contributed by atoms with Crippen LogP contribution in [-0.4, -0.2) is 27.8 Å². The second-order valence-electron chi connectivity index (χ2n) is 7.02. The van der Waals surface area contributed by atoms with E-state index in [0.29, 0.717) is 11.4 Å². The van der Waals surface area contributed by atoms with Crippen LogP contribution in [0.4, 0.5) is 5.69 Å². The number of anilines is 1. The van der Waals surface area contributed by atoms with E-state index in [-0.39, 0.29) is 12.6 Å². The molecule has 2 heterocycles. The molecule has 2 aromatic heterocycles. The van der Waals surface area contributed by atoms with Gasteiger partial charge in [-0.1, -0.05) is 12.1 Å². The van der Waals surface area contributed by atoms with E-state index in [9.17, 15) is 4.79 Å². The number of pyridine rings is 1. The summed E-state index contributed by atoms with van der Waals surface area (Å²) < 4.78 is 12.6. The van der Waals surface area contributed by atoms with Gasteiger partial charge >= 0.3 is 0 Å². The average Bonchev–Trinajstić information content (AvgIpc) is 3.23. The third-order valence-electron chi connectivity index (χ3n) is 4.72. The molecule has 0 spiro atoms. The van der Waals surface area contributed by atoms with E-state index in [4.69, 9.17) is 9.47 Å². The molecule has 0 unspecified atom stereocenters. The molecule has 0 aliphatic carbocycles. The Labute approximate surface area is 174 Å². The van der Waals surface area contributed by atoms with E-state index in [0.717, 1.165) is 33.5 Å². The van der Waals surface area contributed by atoms with Gasteiger partial charge in [-0.15, -0.1) is 0 Å². The first kappa shape index (κ1) is 19.4. The molecular weight excluding hydrogens is 380 g/mol. The number of carbonyl (C=O) groups is 1. The average molecular weight is 402 g/mol. The Kier molecular flexibility index (Phi) is 5.34. The predicted octanol–water partition coefficient (Wildman–Crippen LogP) is 4.35. The summed E-state index contributed by atoms with van der Waals surface area (Å²) >= 11 is 0. The number of methoxy groups -OCH3 is 1. The lowest BCUT2D eigenvalue weighted by atomic mass is 10.1. The fourth-order valence-corrected chi connectivity index (χ4v) is 3.04. The van der Waals surface area contributed by atoms with Crippen molar-refractivity contribution in [3.8, 4) is 11.5 Å². The third-order valence-corrected chi connectivity index (χ3v) is 4.72. The van der Waals surface area contributed by atoms with E-state index < -0.39 is 0 Å². The van der Waals surface area contributed by atoms with Gasteiger partial charge in [0.1, 0.15) is 11.5 Å². The zero-order valence-electron chi connectivity index (χ0n) is 17.0. The Morgan fingerprint density at radius 1 is 1.10 bits per heavy atom. The van der Waals surface area contributed by atoms with E-state index in [1.165, 1.54) is 0 Å². The lowest BCUT2D eigenvalue weighted by molar-refractivity contribution is 0.102. The quantitative estimate of drug-likeness (QED) is 0.519. The molecule has 0 aliphatic rings. The third kappa shape index (κ3) is 4.25. The maximum atomic E-state index is 12.6. The molecule has 0 aliphatic heterocycles. The zero-order valence-corrected chi connectivity index (χ0v) is 17.0. The van der Waals surface area contributed by atoms with Gasteiger partial charge in [0.25, 0.3) is 5.91 Å². The van der Waals surface area contributed by atoms with Gasteiger partial charge in [0.15, 0.2) is 12.4 Å². The van der Waals surface area contributed by atoms with Gasteiger partial charge in [-0.2, -0.15) is 5.10 Å². The monoisotopic (exact) mass is 402 g/mol. The number of ether oxygens (including phenoxy) is 2. The first-order valence-electron chi connectivity index (χ1n) is 9.50. The topological polar surface area (TPSA) is 78.3 Å². The van der Waals surface area contributed by atoms with Gasteiger partial charge in [0, 0.05) is 17.6 Å². The van der Waals surface area contributed by atoms with Crippen molar-refractivity contribution in [1.29, 1.82) is 0 Å². The lowest BCUT2D eigenvalue weighted by Crippen LogP contribution is -2.14. The number of hydrogen-bond acceptors (Lipinski definition) is 5. The highest BCUT2D eigenvalue weighted by atomic mass is 16.5. The van der Waals surface area contributed by atoms with Crippen LogP contribution >= 0.6 is 0 Å². The number of benzene rings is 2. The minimum absolute atomic E-state index is 0.219. The second-order valence-corrected chi connectivity index (χ2v) is 7.02. The highest BCUT2D eigenvalue weighted by molar-refractivity contribution is 6.03. The number of fused-ring (bicyclic) bond motifs is 1. The first-order valence-corrected chi connectivity index (χ1v) is 9.50. The van der Waals surface area contributed by atoms with E-state index in [2.05, 4.69) is 15.4 Å². The summed E-state index contributed by atoms with van der Waals surface area (Å²) in [5.41, 5.74) is 3.86. The highest BCUT2D eigenvalue weighted by Crippen LogP contribution is 2.22. The molecule has 0 radical (unpaired) electrons. The number of carbonyl (C=O) groups excluding carboxylic acids is 1. The van der Waals surface area contributed by atoms with Gasteiger partial charge in [0.2, 0.25) is 0 Å². The molecule has 0 bridgehead atoms. The van der Waals surface area contributed by atoms with Crippen LogP contribution < -0.4 is 14.8 Å². The molecule has 0 saturated carbocycles. The summed E-state index contributed by atoms with van der Waals surface area (Å²) in [6.45, 7) is 4.22. The van der Waals surface area contributed by atoms with Gasteiger partial charge in [-0.05, 0) is 55.3 Å². The number of nitrogens with zero attached hydrogens (tertiary/aromatic N) is 3. The maximum absolute atomic E-state index is 12.6. The fraction of sp³-hybridized carbons (Fsp3) is 0.174. The molecular formula is C23H22N4O3. The summed E-state index contributed by atoms with van der Waals surface area (Å²) in [6, 6.07) is 15.1. The summed E-state index contributed by atoms with van der Waals surface area (Å²) in [7, 11) is 1.61. The molecule has 4 rings (SSSR count). The molecule has 0 saturated heterocycles. The molecule has 0 fully saturated rings. The number of aryl methyl sites for hydroxylation is 2. The van der Waals surface area contributed by atoms with Crippen molar-refractivity contribution in [3.05, 3.63) is 77.7 Å². The lowest BCUT2D eigenvalue weighted by Gasteiger charge is -2.10. The summed E-state index contributed by atoms with van der Waals surface area (Å²) in [4.78, 5) is 16.9. The van der Waals surface area contributed by atoms with Gasteiger partial charge < -0.3 is 14.8 Å². The highest BCUT2D eigenvalue weighted by Gasteiger charge is 2.11. The molecule has 1 N–H and O–H groups in total. The van der Waals surface area contributed by atoms with Crippen molar-refractivity contribution in [2.75, 3.05) is 12.4 Å². The van der Waals surface area contributed by atoms with Crippen molar-refractivity contribution < 1.29 is 14.3 Å². The summed E-state index contributed by atoms with van der Waals surface area (Å²) in [5.74, 6) is 1.23. The number of hydrogen-bond donors (Lipinski definition) is 1. The SMILES string of the molecule is COc1ccc2cc(NC(=O)c3ccn(COc4cc(C)ccc4C)n3)cnc2c1. The van der Waals surface area contributed by atoms with Crippen molar-refractivity contribution in [2.45, 2.75) is 20.6 Å². The molecule has 7 heteroatoms. The molecule has 152 valence electrons. The Morgan fingerprint density at radius 2 is 1.97 bits per heavy atom. The standard InChI is InChI=1S/C23H22N4O3/c1-15-4-5-16(2)22(10-15)30-14-27-9-8-20(26-27)23(28)25-18-11-17-6-7-19(29-3)12-21(17)24-13-18/h4-13H,14H2,1-3H3,(H,25,28). The summed E-state index contributed by atoms with van der Waals surface area (Å²) in [6.07, 6.45) is 3.32. The van der Waals surface area contributed by atoms with Crippen molar-refractivity contribution >= 4 is 22.5 Å². The van der Waals surface area contributed by atoms with Crippen molar-refractivity contribution in [3.63, 3.8) is 0 Å². The minimum Gasteiger partial charge on any atom is -0.497 e. The normalized spacial score (nSPS) is 10.8. The number of amides is 1. The summed E-state index contributed by atoms with van der Waals surface area (Å²) in [5, 5.41) is 8.04. The molecule has 30 heavy (non-hydrogen) atoms. The van der Waals surface area contributed by atoms with Gasteiger partial charge in [-0.25, -0.2) is 4.68 Å². The van der Waals surface area contributed by atoms with Crippen molar-refractivity contribution in [2.24, 2.45) is 0 Å². The van der Waals surface area contributed by atoms with Crippen LogP contribution in [0.5, 0.6) is 11.5 Å². The largest absolute Gasteiger partial charge is 0.497 e. The zero-order chi connectivity index (χ0) is 21.1. The Morgan fingerprint density at radius 3 is 2.80 bits per heavy atom. The van der Waals surface area contributed by atoms with Crippen molar-refractivity contribution in [1.82, 2.24) is 14.8 Å². The van der Waals surface area contributed by atoms with E-state index in [1.54, 1.807) is 30.3 Å². The molecule has 7 nitrogen and oxygen atoms in total. The minimum atomic E-state index is -0.310. The number of nitrogens with one attached hydrogen (secondary N) is 1. The molecule has 2 aromatic carbocycles. The fourth-order valence-electron chi connectivity index (χ4n) is 3.04. The second kappa shape index (κ2) is 8.24. The van der Waals surface area contributed by atoms with Crippen LogP contribution in [0.1, 0.15) is 21.6 Å². The van der Waals surface area contributed by atoms with E-state index >= 15 is 0 Å². The Hall–Kier alpha value is -3.87. The number of rotatable bonds is 6. The molecule has 4 aromatic rings. The van der Waals surface area contributed by atoms with Crippen LogP contribution in [0.2, 0.25) is 0 Å². The van der Waals surface area contributed by atoms with Crippen LogP contribution in [0.25, 0.3) is 10.9 Å². The van der Waals surface area contributed by atoms with Crippen LogP contribution in [0, 0.1) is 13.8 Å².